The average Bonchev–Trinajstić information content (AvgIpc) is 3.13. The summed E-state index contributed by atoms with van der Waals surface area (Å²) in [7, 11) is 0. The highest BCUT2D eigenvalue weighted by Crippen LogP contribution is 2.40. The maximum absolute atomic E-state index is 12.0. The number of hydrogen-bond donors (Lipinski definition) is 2. The van der Waals surface area contributed by atoms with Crippen LogP contribution in [-0.2, 0) is 14.3 Å². The summed E-state index contributed by atoms with van der Waals surface area (Å²) in [6, 6.07) is 0.502. The number of ether oxygens (including phenoxy) is 2. The van der Waals surface area contributed by atoms with E-state index in [2.05, 4.69) is 5.32 Å². The van der Waals surface area contributed by atoms with Crippen LogP contribution < -0.4 is 11.1 Å². The number of nitrogens with two attached hydrogens (primary N) is 1. The Morgan fingerprint density at radius 2 is 2.00 bits per heavy atom. The standard InChI is InChI=1S/C15H28N2O3/c1-2-19-10-11-20-9-7-12-4-3-8-15(12,14(16)18)17-13-5-6-13/h12-13,17H,2-11H2,1H3,(H2,16,18). The first-order chi connectivity index (χ1) is 9.69. The van der Waals surface area contributed by atoms with Crippen molar-refractivity contribution in [3.8, 4) is 0 Å². The third-order valence-corrected chi connectivity index (χ3v) is 4.49. The van der Waals surface area contributed by atoms with Gasteiger partial charge in [0.25, 0.3) is 0 Å². The van der Waals surface area contributed by atoms with Crippen molar-refractivity contribution in [3.63, 3.8) is 0 Å². The Balaban J connectivity index is 1.77. The second kappa shape index (κ2) is 7.38. The molecule has 0 aromatic carbocycles. The van der Waals surface area contributed by atoms with E-state index in [-0.39, 0.29) is 5.91 Å². The summed E-state index contributed by atoms with van der Waals surface area (Å²) < 4.78 is 10.8. The second-order valence-corrected chi connectivity index (χ2v) is 5.94. The molecule has 0 heterocycles. The fourth-order valence-corrected chi connectivity index (χ4v) is 3.24. The predicted octanol–water partition coefficient (Wildman–Crippen LogP) is 1.21. The molecule has 2 saturated carbocycles. The Morgan fingerprint density at radius 1 is 1.25 bits per heavy atom. The van der Waals surface area contributed by atoms with Crippen LogP contribution in [0.25, 0.3) is 0 Å². The third kappa shape index (κ3) is 3.93. The molecule has 2 atom stereocenters. The van der Waals surface area contributed by atoms with Crippen molar-refractivity contribution in [3.05, 3.63) is 0 Å². The largest absolute Gasteiger partial charge is 0.379 e. The second-order valence-electron chi connectivity index (χ2n) is 5.94. The quantitative estimate of drug-likeness (QED) is 0.591. The number of amides is 1. The van der Waals surface area contributed by atoms with Crippen molar-refractivity contribution >= 4 is 5.91 Å². The maximum Gasteiger partial charge on any atom is 0.238 e. The van der Waals surface area contributed by atoms with Gasteiger partial charge in [-0.2, -0.15) is 0 Å². The molecule has 2 fully saturated rings. The molecule has 0 bridgehead atoms. The number of carbonyl (C=O) groups is 1. The molecular formula is C15H28N2O3. The highest BCUT2D eigenvalue weighted by Gasteiger charge is 2.49. The molecule has 5 heteroatoms. The van der Waals surface area contributed by atoms with Gasteiger partial charge in [-0.05, 0) is 44.9 Å². The molecular weight excluding hydrogens is 256 g/mol. The zero-order valence-electron chi connectivity index (χ0n) is 12.5. The molecule has 1 amide bonds. The van der Waals surface area contributed by atoms with Gasteiger partial charge in [-0.3, -0.25) is 4.79 Å². The Bertz CT molecular complexity index is 320. The van der Waals surface area contributed by atoms with Gasteiger partial charge >= 0.3 is 0 Å². The summed E-state index contributed by atoms with van der Waals surface area (Å²) in [4.78, 5) is 12.0. The summed E-state index contributed by atoms with van der Waals surface area (Å²) in [5.74, 6) is 0.133. The van der Waals surface area contributed by atoms with Gasteiger partial charge in [0.15, 0.2) is 0 Å². The number of nitrogens with one attached hydrogen (secondary N) is 1. The summed E-state index contributed by atoms with van der Waals surface area (Å²) in [5.41, 5.74) is 5.23. The van der Waals surface area contributed by atoms with E-state index < -0.39 is 5.54 Å². The molecule has 0 spiro atoms. The summed E-state index contributed by atoms with van der Waals surface area (Å²) in [6.07, 6.45) is 6.26. The summed E-state index contributed by atoms with van der Waals surface area (Å²) in [6.45, 7) is 4.65. The third-order valence-electron chi connectivity index (χ3n) is 4.49. The maximum atomic E-state index is 12.0. The van der Waals surface area contributed by atoms with E-state index in [0.29, 0.717) is 31.8 Å². The smallest absolute Gasteiger partial charge is 0.238 e. The van der Waals surface area contributed by atoms with Crippen LogP contribution in [0.15, 0.2) is 0 Å². The molecule has 2 unspecified atom stereocenters. The monoisotopic (exact) mass is 284 g/mol. The minimum absolute atomic E-state index is 0.179. The van der Waals surface area contributed by atoms with Gasteiger partial charge in [0.1, 0.15) is 5.54 Å². The molecule has 0 aromatic rings. The molecule has 2 aliphatic rings. The molecule has 0 radical (unpaired) electrons. The van der Waals surface area contributed by atoms with E-state index in [1.54, 1.807) is 0 Å². The summed E-state index contributed by atoms with van der Waals surface area (Å²) >= 11 is 0. The van der Waals surface area contributed by atoms with Crippen LogP contribution in [0.5, 0.6) is 0 Å². The van der Waals surface area contributed by atoms with E-state index >= 15 is 0 Å². The molecule has 5 nitrogen and oxygen atoms in total. The van der Waals surface area contributed by atoms with Gasteiger partial charge in [-0.1, -0.05) is 6.42 Å². The molecule has 0 aromatic heterocycles. The molecule has 116 valence electrons. The number of carbonyl (C=O) groups excluding carboxylic acids is 1. The molecule has 2 rings (SSSR count). The predicted molar refractivity (Wildman–Crippen MR) is 77.4 cm³/mol. The normalized spacial score (nSPS) is 29.8. The average molecular weight is 284 g/mol. The van der Waals surface area contributed by atoms with Crippen molar-refractivity contribution in [2.45, 2.75) is 57.0 Å². The molecule has 0 aliphatic heterocycles. The lowest BCUT2D eigenvalue weighted by Crippen LogP contribution is -2.58. The van der Waals surface area contributed by atoms with E-state index in [0.717, 1.165) is 32.3 Å². The topological polar surface area (TPSA) is 73.6 Å². The van der Waals surface area contributed by atoms with Crippen molar-refractivity contribution in [2.24, 2.45) is 11.7 Å². The first-order valence-electron chi connectivity index (χ1n) is 7.92. The van der Waals surface area contributed by atoms with Gasteiger partial charge in [0, 0.05) is 19.3 Å². The van der Waals surface area contributed by atoms with Gasteiger partial charge in [0.05, 0.1) is 13.2 Å². The lowest BCUT2D eigenvalue weighted by molar-refractivity contribution is -0.126. The zero-order chi connectivity index (χ0) is 14.4. The van der Waals surface area contributed by atoms with Crippen molar-refractivity contribution in [2.75, 3.05) is 26.4 Å². The van der Waals surface area contributed by atoms with Crippen LogP contribution in [0.4, 0.5) is 0 Å². The molecule has 20 heavy (non-hydrogen) atoms. The van der Waals surface area contributed by atoms with Crippen molar-refractivity contribution < 1.29 is 14.3 Å². The Labute approximate surface area is 121 Å². The fraction of sp³-hybridized carbons (Fsp3) is 0.933. The minimum Gasteiger partial charge on any atom is -0.379 e. The highest BCUT2D eigenvalue weighted by atomic mass is 16.5. The van der Waals surface area contributed by atoms with Crippen LogP contribution in [0.3, 0.4) is 0 Å². The Kier molecular flexibility index (Phi) is 5.81. The van der Waals surface area contributed by atoms with Crippen LogP contribution in [0.2, 0.25) is 0 Å². The lowest BCUT2D eigenvalue weighted by atomic mass is 9.84. The zero-order valence-corrected chi connectivity index (χ0v) is 12.5. The SMILES string of the molecule is CCOCCOCCC1CCCC1(NC1CC1)C(N)=O. The molecule has 0 saturated heterocycles. The van der Waals surface area contributed by atoms with Crippen LogP contribution >= 0.6 is 0 Å². The van der Waals surface area contributed by atoms with Crippen LogP contribution in [-0.4, -0.2) is 43.9 Å². The fourth-order valence-electron chi connectivity index (χ4n) is 3.24. The van der Waals surface area contributed by atoms with Gasteiger partial charge in [0.2, 0.25) is 5.91 Å². The van der Waals surface area contributed by atoms with E-state index in [9.17, 15) is 4.79 Å². The Hall–Kier alpha value is -0.650. The Morgan fingerprint density at radius 3 is 2.65 bits per heavy atom. The number of primary amides is 1. The minimum atomic E-state index is -0.482. The van der Waals surface area contributed by atoms with Crippen molar-refractivity contribution in [1.29, 1.82) is 0 Å². The first kappa shape index (κ1) is 15.7. The van der Waals surface area contributed by atoms with E-state index in [1.807, 2.05) is 6.92 Å². The molecule has 2 aliphatic carbocycles. The summed E-state index contributed by atoms with van der Waals surface area (Å²) in [5, 5.41) is 3.52. The lowest BCUT2D eigenvalue weighted by Gasteiger charge is -2.34. The van der Waals surface area contributed by atoms with Crippen LogP contribution in [0, 0.1) is 5.92 Å². The molecule has 3 N–H and O–H groups in total. The van der Waals surface area contributed by atoms with Gasteiger partial charge < -0.3 is 20.5 Å². The highest BCUT2D eigenvalue weighted by molar-refractivity contribution is 5.85. The van der Waals surface area contributed by atoms with Crippen molar-refractivity contribution in [1.82, 2.24) is 5.32 Å². The van der Waals surface area contributed by atoms with Gasteiger partial charge in [-0.25, -0.2) is 0 Å². The van der Waals surface area contributed by atoms with Gasteiger partial charge in [-0.15, -0.1) is 0 Å². The van der Waals surface area contributed by atoms with Crippen LogP contribution in [0.1, 0.15) is 45.4 Å². The van der Waals surface area contributed by atoms with E-state index in [1.165, 1.54) is 12.8 Å². The van der Waals surface area contributed by atoms with E-state index in [4.69, 9.17) is 15.2 Å². The number of rotatable bonds is 10. The first-order valence-corrected chi connectivity index (χ1v) is 7.92. The number of hydrogen-bond acceptors (Lipinski definition) is 4.